The van der Waals surface area contributed by atoms with E-state index in [9.17, 15) is 0 Å². The molecule has 0 aromatic heterocycles. The largest absolute Gasteiger partial charge is 0.392 e. The summed E-state index contributed by atoms with van der Waals surface area (Å²) in [4.78, 5) is 2.29. The second kappa shape index (κ2) is 5.13. The monoisotopic (exact) mass is 193 g/mol. The van der Waals surface area contributed by atoms with Crippen molar-refractivity contribution < 1.29 is 5.11 Å². The fourth-order valence-corrected chi connectivity index (χ4v) is 1.22. The van der Waals surface area contributed by atoms with Gasteiger partial charge in [0.05, 0.1) is 6.61 Å². The van der Waals surface area contributed by atoms with Gasteiger partial charge >= 0.3 is 0 Å². The van der Waals surface area contributed by atoms with Gasteiger partial charge in [-0.1, -0.05) is 24.3 Å². The molecule has 0 saturated carbocycles. The van der Waals surface area contributed by atoms with Gasteiger partial charge in [-0.05, 0) is 32.0 Å². The summed E-state index contributed by atoms with van der Waals surface area (Å²) in [5.41, 5.74) is 2.26. The van der Waals surface area contributed by atoms with Crippen molar-refractivity contribution >= 4 is 0 Å². The van der Waals surface area contributed by atoms with Crippen LogP contribution in [0.1, 0.15) is 25.0 Å². The summed E-state index contributed by atoms with van der Waals surface area (Å²) in [6, 6.07) is 8.66. The standard InChI is InChI=1S/C12H19NO/c1-10(2)13(3)8-11-4-6-12(9-14)7-5-11/h4-7,10,14H,8-9H2,1-3H3. The molecule has 0 fully saturated rings. The Morgan fingerprint density at radius 3 is 2.07 bits per heavy atom. The molecule has 14 heavy (non-hydrogen) atoms. The fourth-order valence-electron chi connectivity index (χ4n) is 1.22. The zero-order valence-corrected chi connectivity index (χ0v) is 9.20. The lowest BCUT2D eigenvalue weighted by Crippen LogP contribution is -2.25. The van der Waals surface area contributed by atoms with Gasteiger partial charge in [0, 0.05) is 12.6 Å². The van der Waals surface area contributed by atoms with Crippen molar-refractivity contribution in [2.75, 3.05) is 7.05 Å². The molecule has 0 saturated heterocycles. The quantitative estimate of drug-likeness (QED) is 0.790. The number of aliphatic hydroxyl groups is 1. The molecule has 1 aromatic rings. The predicted octanol–water partition coefficient (Wildman–Crippen LogP) is 2.02. The molecule has 0 spiro atoms. The molecule has 0 aliphatic rings. The summed E-state index contributed by atoms with van der Waals surface area (Å²) < 4.78 is 0. The van der Waals surface area contributed by atoms with Crippen molar-refractivity contribution in [3.63, 3.8) is 0 Å². The van der Waals surface area contributed by atoms with Crippen LogP contribution in [0.2, 0.25) is 0 Å². The van der Waals surface area contributed by atoms with Crippen LogP contribution >= 0.6 is 0 Å². The van der Waals surface area contributed by atoms with Crippen LogP contribution in [-0.2, 0) is 13.2 Å². The van der Waals surface area contributed by atoms with Gasteiger partial charge in [-0.2, -0.15) is 0 Å². The number of rotatable bonds is 4. The first-order valence-corrected chi connectivity index (χ1v) is 5.02. The lowest BCUT2D eigenvalue weighted by molar-refractivity contribution is 0.265. The van der Waals surface area contributed by atoms with E-state index in [1.54, 1.807) is 0 Å². The van der Waals surface area contributed by atoms with E-state index < -0.39 is 0 Å². The minimum Gasteiger partial charge on any atom is -0.392 e. The molecule has 2 nitrogen and oxygen atoms in total. The molecule has 0 aliphatic carbocycles. The second-order valence-corrected chi connectivity index (χ2v) is 3.98. The molecule has 1 N–H and O–H groups in total. The molecule has 0 radical (unpaired) electrons. The summed E-state index contributed by atoms with van der Waals surface area (Å²) in [5, 5.41) is 8.89. The van der Waals surface area contributed by atoms with E-state index in [0.29, 0.717) is 6.04 Å². The minimum atomic E-state index is 0.125. The maximum absolute atomic E-state index is 8.89. The first-order chi connectivity index (χ1) is 6.63. The molecule has 0 bridgehead atoms. The Balaban J connectivity index is 2.59. The summed E-state index contributed by atoms with van der Waals surface area (Å²) in [6.07, 6.45) is 0. The van der Waals surface area contributed by atoms with Crippen molar-refractivity contribution in [3.05, 3.63) is 35.4 Å². The van der Waals surface area contributed by atoms with Crippen molar-refractivity contribution in [1.29, 1.82) is 0 Å². The van der Waals surface area contributed by atoms with Crippen molar-refractivity contribution in [2.24, 2.45) is 0 Å². The van der Waals surface area contributed by atoms with E-state index >= 15 is 0 Å². The summed E-state index contributed by atoms with van der Waals surface area (Å²) in [6.45, 7) is 5.45. The highest BCUT2D eigenvalue weighted by atomic mass is 16.3. The van der Waals surface area contributed by atoms with Gasteiger partial charge in [0.25, 0.3) is 0 Å². The van der Waals surface area contributed by atoms with Gasteiger partial charge in [0.2, 0.25) is 0 Å². The Kier molecular flexibility index (Phi) is 4.11. The maximum atomic E-state index is 8.89. The van der Waals surface area contributed by atoms with Crippen molar-refractivity contribution in [1.82, 2.24) is 4.90 Å². The Labute approximate surface area is 86.2 Å². The molecular formula is C12H19NO. The Bertz CT molecular complexity index is 266. The number of aliphatic hydroxyl groups excluding tert-OH is 1. The number of benzene rings is 1. The molecule has 1 rings (SSSR count). The SMILES string of the molecule is CC(C)N(C)Cc1ccc(CO)cc1. The highest BCUT2D eigenvalue weighted by molar-refractivity contribution is 5.21. The third-order valence-electron chi connectivity index (χ3n) is 2.52. The van der Waals surface area contributed by atoms with E-state index in [-0.39, 0.29) is 6.61 Å². The molecule has 0 unspecified atom stereocenters. The fraction of sp³-hybridized carbons (Fsp3) is 0.500. The normalized spacial score (nSPS) is 11.3. The first kappa shape index (κ1) is 11.2. The number of nitrogens with zero attached hydrogens (tertiary/aromatic N) is 1. The van der Waals surface area contributed by atoms with Crippen LogP contribution < -0.4 is 0 Å². The summed E-state index contributed by atoms with van der Waals surface area (Å²) in [5.74, 6) is 0. The maximum Gasteiger partial charge on any atom is 0.0681 e. The van der Waals surface area contributed by atoms with Crippen LogP contribution in [0.3, 0.4) is 0 Å². The average Bonchev–Trinajstić information content (AvgIpc) is 2.19. The van der Waals surface area contributed by atoms with Crippen LogP contribution in [0, 0.1) is 0 Å². The molecule has 0 amide bonds. The number of hydrogen-bond donors (Lipinski definition) is 1. The van der Waals surface area contributed by atoms with E-state index in [1.165, 1.54) is 5.56 Å². The third kappa shape index (κ3) is 3.13. The molecular weight excluding hydrogens is 174 g/mol. The zero-order valence-electron chi connectivity index (χ0n) is 9.20. The molecule has 78 valence electrons. The van der Waals surface area contributed by atoms with Gasteiger partial charge in [-0.15, -0.1) is 0 Å². The van der Waals surface area contributed by atoms with Gasteiger partial charge in [-0.3, -0.25) is 4.90 Å². The average molecular weight is 193 g/mol. The lowest BCUT2D eigenvalue weighted by Gasteiger charge is -2.20. The van der Waals surface area contributed by atoms with Crippen LogP contribution in [0.25, 0.3) is 0 Å². The third-order valence-corrected chi connectivity index (χ3v) is 2.52. The highest BCUT2D eigenvalue weighted by Gasteiger charge is 2.03. The smallest absolute Gasteiger partial charge is 0.0681 e. The van der Waals surface area contributed by atoms with E-state index in [2.05, 4.69) is 37.9 Å². The van der Waals surface area contributed by atoms with Gasteiger partial charge < -0.3 is 5.11 Å². The Morgan fingerprint density at radius 2 is 1.64 bits per heavy atom. The van der Waals surface area contributed by atoms with Crippen LogP contribution in [0.15, 0.2) is 24.3 Å². The lowest BCUT2D eigenvalue weighted by atomic mass is 10.1. The van der Waals surface area contributed by atoms with Crippen LogP contribution in [0.5, 0.6) is 0 Å². The predicted molar refractivity (Wildman–Crippen MR) is 59.0 cm³/mol. The molecule has 2 heteroatoms. The van der Waals surface area contributed by atoms with Gasteiger partial charge in [0.15, 0.2) is 0 Å². The van der Waals surface area contributed by atoms with Gasteiger partial charge in [-0.25, -0.2) is 0 Å². The number of hydrogen-bond acceptors (Lipinski definition) is 2. The van der Waals surface area contributed by atoms with Crippen molar-refractivity contribution in [2.45, 2.75) is 33.0 Å². The second-order valence-electron chi connectivity index (χ2n) is 3.98. The molecule has 0 atom stereocenters. The summed E-state index contributed by atoms with van der Waals surface area (Å²) in [7, 11) is 2.12. The minimum absolute atomic E-state index is 0.125. The van der Waals surface area contributed by atoms with E-state index in [1.807, 2.05) is 12.1 Å². The molecule has 0 aliphatic heterocycles. The summed E-state index contributed by atoms with van der Waals surface area (Å²) >= 11 is 0. The van der Waals surface area contributed by atoms with Crippen LogP contribution in [0.4, 0.5) is 0 Å². The molecule has 1 aromatic carbocycles. The molecule has 0 heterocycles. The first-order valence-electron chi connectivity index (χ1n) is 5.02. The van der Waals surface area contributed by atoms with E-state index in [0.717, 1.165) is 12.1 Å². The topological polar surface area (TPSA) is 23.5 Å². The van der Waals surface area contributed by atoms with Gasteiger partial charge in [0.1, 0.15) is 0 Å². The van der Waals surface area contributed by atoms with E-state index in [4.69, 9.17) is 5.11 Å². The van der Waals surface area contributed by atoms with Crippen molar-refractivity contribution in [3.8, 4) is 0 Å². The van der Waals surface area contributed by atoms with Crippen LogP contribution in [-0.4, -0.2) is 23.1 Å². The zero-order chi connectivity index (χ0) is 10.6. The Morgan fingerprint density at radius 1 is 1.14 bits per heavy atom. The Hall–Kier alpha value is -0.860. The highest BCUT2D eigenvalue weighted by Crippen LogP contribution is 2.08.